The normalized spacial score (nSPS) is 14.7. The summed E-state index contributed by atoms with van der Waals surface area (Å²) in [6.07, 6.45) is 2.78. The van der Waals surface area contributed by atoms with Gasteiger partial charge in [-0.05, 0) is 31.0 Å². The second-order valence-corrected chi connectivity index (χ2v) is 8.98. The summed E-state index contributed by atoms with van der Waals surface area (Å²) >= 11 is 0. The minimum Gasteiger partial charge on any atom is -0.497 e. The van der Waals surface area contributed by atoms with Gasteiger partial charge < -0.3 is 29.2 Å². The van der Waals surface area contributed by atoms with Crippen molar-refractivity contribution < 1.29 is 19.1 Å². The third kappa shape index (κ3) is 5.48. The van der Waals surface area contributed by atoms with Crippen molar-refractivity contribution in [1.29, 1.82) is 0 Å². The Balaban J connectivity index is 1.55. The zero-order valence-electron chi connectivity index (χ0n) is 21.4. The van der Waals surface area contributed by atoms with E-state index < -0.39 is 0 Å². The Morgan fingerprint density at radius 2 is 1.72 bits per heavy atom. The second-order valence-electron chi connectivity index (χ2n) is 8.98. The lowest BCUT2D eigenvalue weighted by molar-refractivity contribution is -0.134. The molecule has 4 rings (SSSR count). The minimum absolute atomic E-state index is 0.0101. The zero-order chi connectivity index (χ0) is 25.7. The molecule has 1 atom stereocenters. The van der Waals surface area contributed by atoms with E-state index in [0.717, 1.165) is 24.2 Å². The smallest absolute Gasteiger partial charge is 0.322 e. The molecule has 0 fully saturated rings. The van der Waals surface area contributed by atoms with Gasteiger partial charge in [-0.3, -0.25) is 4.79 Å². The van der Waals surface area contributed by atoms with Crippen molar-refractivity contribution >= 4 is 17.6 Å². The van der Waals surface area contributed by atoms with Gasteiger partial charge in [0.1, 0.15) is 18.0 Å². The summed E-state index contributed by atoms with van der Waals surface area (Å²) in [5.41, 5.74) is 3.85. The van der Waals surface area contributed by atoms with E-state index in [2.05, 4.69) is 53.3 Å². The average molecular weight is 491 g/mol. The Morgan fingerprint density at radius 3 is 2.36 bits per heavy atom. The van der Waals surface area contributed by atoms with Gasteiger partial charge >= 0.3 is 6.03 Å². The van der Waals surface area contributed by atoms with Crippen LogP contribution in [-0.4, -0.2) is 60.2 Å². The van der Waals surface area contributed by atoms with Crippen molar-refractivity contribution in [2.75, 3.05) is 39.2 Å². The number of nitrogens with zero attached hydrogens (tertiary/aromatic N) is 3. The van der Waals surface area contributed by atoms with E-state index in [9.17, 15) is 9.59 Å². The fraction of sp³-hybridized carbons (Fsp3) is 0.357. The highest BCUT2D eigenvalue weighted by atomic mass is 16.5. The van der Waals surface area contributed by atoms with Gasteiger partial charge in [0, 0.05) is 55.4 Å². The molecule has 0 saturated heterocycles. The number of aromatic nitrogens is 1. The Morgan fingerprint density at radius 1 is 1.03 bits per heavy atom. The average Bonchev–Trinajstić information content (AvgIpc) is 3.37. The number of urea groups is 1. The Hall–Kier alpha value is -3.94. The fourth-order valence-electron chi connectivity index (χ4n) is 4.61. The SMILES string of the molecule is CCCN(CC(=O)N1CCn2cccc2C1c1ccc(C)cc1)C(=O)Nc1cc(OC)cc(OC)c1. The predicted octanol–water partition coefficient (Wildman–Crippen LogP) is 4.69. The third-order valence-electron chi connectivity index (χ3n) is 6.46. The van der Waals surface area contributed by atoms with Crippen LogP contribution in [0.4, 0.5) is 10.5 Å². The summed E-state index contributed by atoms with van der Waals surface area (Å²) in [4.78, 5) is 30.4. The predicted molar refractivity (Wildman–Crippen MR) is 140 cm³/mol. The van der Waals surface area contributed by atoms with Gasteiger partial charge in [0.05, 0.1) is 20.3 Å². The van der Waals surface area contributed by atoms with Gasteiger partial charge in [-0.15, -0.1) is 0 Å². The van der Waals surface area contributed by atoms with Crippen molar-refractivity contribution in [1.82, 2.24) is 14.4 Å². The van der Waals surface area contributed by atoms with Crippen LogP contribution in [0.25, 0.3) is 0 Å². The molecule has 0 radical (unpaired) electrons. The van der Waals surface area contributed by atoms with Crippen LogP contribution in [0.3, 0.4) is 0 Å². The van der Waals surface area contributed by atoms with Crippen LogP contribution in [0, 0.1) is 6.92 Å². The number of anilines is 1. The van der Waals surface area contributed by atoms with Crippen molar-refractivity contribution in [3.8, 4) is 11.5 Å². The molecule has 1 aliphatic heterocycles. The number of ether oxygens (including phenoxy) is 2. The molecule has 0 aliphatic carbocycles. The Labute approximate surface area is 212 Å². The van der Waals surface area contributed by atoms with Crippen molar-refractivity contribution in [3.63, 3.8) is 0 Å². The van der Waals surface area contributed by atoms with Gasteiger partial charge in [-0.25, -0.2) is 4.79 Å². The van der Waals surface area contributed by atoms with Crippen molar-refractivity contribution in [3.05, 3.63) is 77.6 Å². The molecule has 1 N–H and O–H groups in total. The van der Waals surface area contributed by atoms with Gasteiger partial charge in [0.15, 0.2) is 0 Å². The summed E-state index contributed by atoms with van der Waals surface area (Å²) in [7, 11) is 3.11. The Bertz CT molecular complexity index is 1180. The highest BCUT2D eigenvalue weighted by Gasteiger charge is 2.33. The van der Waals surface area contributed by atoms with Crippen LogP contribution in [0.2, 0.25) is 0 Å². The maximum Gasteiger partial charge on any atom is 0.322 e. The van der Waals surface area contributed by atoms with Gasteiger partial charge in [-0.2, -0.15) is 0 Å². The topological polar surface area (TPSA) is 76.0 Å². The molecule has 36 heavy (non-hydrogen) atoms. The van der Waals surface area contributed by atoms with Crippen molar-refractivity contribution in [2.45, 2.75) is 32.9 Å². The van der Waals surface area contributed by atoms with E-state index in [4.69, 9.17) is 9.47 Å². The number of methoxy groups -OCH3 is 2. The number of hydrogen-bond donors (Lipinski definition) is 1. The van der Waals surface area contributed by atoms with Crippen LogP contribution >= 0.6 is 0 Å². The zero-order valence-corrected chi connectivity index (χ0v) is 21.4. The first-order valence-corrected chi connectivity index (χ1v) is 12.2. The molecule has 3 amide bonds. The lowest BCUT2D eigenvalue weighted by atomic mass is 9.98. The number of hydrogen-bond acceptors (Lipinski definition) is 4. The highest BCUT2D eigenvalue weighted by Crippen LogP contribution is 2.33. The summed E-state index contributed by atoms with van der Waals surface area (Å²) in [6, 6.07) is 17.0. The number of rotatable bonds is 8. The van der Waals surface area contributed by atoms with Crippen LogP contribution in [-0.2, 0) is 11.3 Å². The molecule has 0 bridgehead atoms. The first-order valence-electron chi connectivity index (χ1n) is 12.2. The monoisotopic (exact) mass is 490 g/mol. The van der Waals surface area contributed by atoms with E-state index in [1.807, 2.05) is 17.9 Å². The standard InChI is InChI=1S/C28H34N4O4/c1-5-12-31(28(34)29-22-16-23(35-3)18-24(17-22)36-4)19-26(33)32-15-14-30-13-6-7-25(30)27(32)21-10-8-20(2)9-11-21/h6-11,13,16-18,27H,5,12,14-15,19H2,1-4H3,(H,29,34). The largest absolute Gasteiger partial charge is 0.497 e. The van der Waals surface area contributed by atoms with Crippen LogP contribution in [0.5, 0.6) is 11.5 Å². The second kappa shape index (κ2) is 11.2. The summed E-state index contributed by atoms with van der Waals surface area (Å²) in [5.74, 6) is 1.06. The van der Waals surface area contributed by atoms with E-state index in [-0.39, 0.29) is 24.5 Å². The molecule has 0 saturated carbocycles. The third-order valence-corrected chi connectivity index (χ3v) is 6.46. The molecule has 0 spiro atoms. The molecule has 1 unspecified atom stereocenters. The molecule has 2 aromatic carbocycles. The number of nitrogens with one attached hydrogen (secondary N) is 1. The molecule has 8 heteroatoms. The number of benzene rings is 2. The summed E-state index contributed by atoms with van der Waals surface area (Å²) in [6.45, 7) is 5.79. The maximum absolute atomic E-state index is 13.7. The first-order chi connectivity index (χ1) is 17.4. The molecule has 2 heterocycles. The fourth-order valence-corrected chi connectivity index (χ4v) is 4.61. The van der Waals surface area contributed by atoms with Gasteiger partial charge in [-0.1, -0.05) is 36.8 Å². The highest BCUT2D eigenvalue weighted by molar-refractivity contribution is 5.93. The summed E-state index contributed by atoms with van der Waals surface area (Å²) < 4.78 is 12.8. The van der Waals surface area contributed by atoms with E-state index in [1.165, 1.54) is 5.56 Å². The number of aryl methyl sites for hydroxylation is 1. The quantitative estimate of drug-likeness (QED) is 0.497. The molecule has 1 aromatic heterocycles. The molecule has 190 valence electrons. The van der Waals surface area contributed by atoms with Gasteiger partial charge in [0.2, 0.25) is 5.91 Å². The van der Waals surface area contributed by atoms with Crippen molar-refractivity contribution in [2.24, 2.45) is 0 Å². The van der Waals surface area contributed by atoms with Crippen LogP contribution < -0.4 is 14.8 Å². The number of carbonyl (C=O) groups is 2. The van der Waals surface area contributed by atoms with E-state index in [1.54, 1.807) is 37.3 Å². The minimum atomic E-state index is -0.340. The molecular formula is C28H34N4O4. The van der Waals surface area contributed by atoms with Crippen LogP contribution in [0.15, 0.2) is 60.8 Å². The lowest BCUT2D eigenvalue weighted by Crippen LogP contribution is -2.48. The van der Waals surface area contributed by atoms with E-state index >= 15 is 0 Å². The number of carbonyl (C=O) groups excluding carboxylic acids is 2. The van der Waals surface area contributed by atoms with Crippen LogP contribution in [0.1, 0.15) is 36.2 Å². The molecule has 1 aliphatic rings. The molecule has 3 aromatic rings. The maximum atomic E-state index is 13.7. The Kier molecular flexibility index (Phi) is 7.83. The molecular weight excluding hydrogens is 456 g/mol. The van der Waals surface area contributed by atoms with E-state index in [0.29, 0.717) is 30.3 Å². The summed E-state index contributed by atoms with van der Waals surface area (Å²) in [5, 5.41) is 2.90. The van der Waals surface area contributed by atoms with Gasteiger partial charge in [0.25, 0.3) is 0 Å². The molecule has 8 nitrogen and oxygen atoms in total. The first kappa shape index (κ1) is 25.2. The number of fused-ring (bicyclic) bond motifs is 1. The number of amides is 3. The lowest BCUT2D eigenvalue weighted by Gasteiger charge is -2.38.